The summed E-state index contributed by atoms with van der Waals surface area (Å²) >= 11 is 11.4. The van der Waals surface area contributed by atoms with Gasteiger partial charge >= 0.3 is 0 Å². The van der Waals surface area contributed by atoms with E-state index in [1.165, 1.54) is 12.4 Å². The topological polar surface area (TPSA) is 54.9 Å². The van der Waals surface area contributed by atoms with Gasteiger partial charge in [0.25, 0.3) is 0 Å². The van der Waals surface area contributed by atoms with Crippen LogP contribution in [-0.2, 0) is 4.79 Å². The van der Waals surface area contributed by atoms with Crippen LogP contribution in [0.1, 0.15) is 13.8 Å². The van der Waals surface area contributed by atoms with E-state index in [-0.39, 0.29) is 21.9 Å². The summed E-state index contributed by atoms with van der Waals surface area (Å²) in [5.41, 5.74) is 0.878. The number of nitrogens with one attached hydrogen (secondary N) is 1. The molecule has 1 heterocycles. The van der Waals surface area contributed by atoms with Crippen molar-refractivity contribution in [3.05, 3.63) is 28.2 Å². The van der Waals surface area contributed by atoms with E-state index in [2.05, 4.69) is 15.3 Å². The standard InChI is InChI=1S/C9H9Cl2N3O/c1-5(2)3-6(15)14-9-7(10)8(11)12-4-13-9/h3-4H,1-2H3,(H,12,13,14,15). The molecule has 0 unspecified atom stereocenters. The zero-order valence-corrected chi connectivity index (χ0v) is 9.73. The van der Waals surface area contributed by atoms with Gasteiger partial charge in [0.05, 0.1) is 0 Å². The van der Waals surface area contributed by atoms with Gasteiger partial charge in [-0.05, 0) is 13.8 Å². The molecule has 1 amide bonds. The van der Waals surface area contributed by atoms with Gasteiger partial charge in [-0.1, -0.05) is 28.8 Å². The minimum absolute atomic E-state index is 0.110. The molecule has 1 aromatic heterocycles. The minimum atomic E-state index is -0.299. The van der Waals surface area contributed by atoms with Crippen molar-refractivity contribution >= 4 is 34.9 Å². The monoisotopic (exact) mass is 245 g/mol. The van der Waals surface area contributed by atoms with Crippen LogP contribution in [0, 0.1) is 0 Å². The van der Waals surface area contributed by atoms with E-state index >= 15 is 0 Å². The van der Waals surface area contributed by atoms with E-state index in [4.69, 9.17) is 23.2 Å². The number of aromatic nitrogens is 2. The summed E-state index contributed by atoms with van der Waals surface area (Å²) in [6, 6.07) is 0. The lowest BCUT2D eigenvalue weighted by Gasteiger charge is -2.03. The first-order valence-corrected chi connectivity index (χ1v) is 4.88. The van der Waals surface area contributed by atoms with E-state index in [1.807, 2.05) is 13.8 Å². The highest BCUT2D eigenvalue weighted by molar-refractivity contribution is 6.43. The van der Waals surface area contributed by atoms with Crippen LogP contribution < -0.4 is 5.32 Å². The van der Waals surface area contributed by atoms with Gasteiger partial charge in [-0.15, -0.1) is 0 Å². The highest BCUT2D eigenvalue weighted by atomic mass is 35.5. The molecule has 0 atom stereocenters. The minimum Gasteiger partial charge on any atom is -0.306 e. The van der Waals surface area contributed by atoms with Gasteiger partial charge < -0.3 is 5.32 Å². The molecule has 0 spiro atoms. The van der Waals surface area contributed by atoms with Crippen molar-refractivity contribution in [3.8, 4) is 0 Å². The first-order valence-electron chi connectivity index (χ1n) is 4.12. The molecule has 0 aliphatic rings. The van der Waals surface area contributed by atoms with Crippen LogP contribution in [0.3, 0.4) is 0 Å². The lowest BCUT2D eigenvalue weighted by molar-refractivity contribution is -0.112. The van der Waals surface area contributed by atoms with Crippen LogP contribution in [-0.4, -0.2) is 15.9 Å². The van der Waals surface area contributed by atoms with Crippen LogP contribution in [0.5, 0.6) is 0 Å². The molecule has 0 aliphatic carbocycles. The van der Waals surface area contributed by atoms with Crippen LogP contribution in [0.2, 0.25) is 10.2 Å². The molecular weight excluding hydrogens is 237 g/mol. The molecule has 1 N–H and O–H groups in total. The molecular formula is C9H9Cl2N3O. The lowest BCUT2D eigenvalue weighted by atomic mass is 10.3. The number of rotatable bonds is 2. The maximum atomic E-state index is 11.3. The second-order valence-electron chi connectivity index (χ2n) is 3.04. The van der Waals surface area contributed by atoms with Gasteiger partial charge in [0.2, 0.25) is 5.91 Å². The third kappa shape index (κ3) is 3.49. The number of halogens is 2. The van der Waals surface area contributed by atoms with Crippen molar-refractivity contribution in [2.24, 2.45) is 0 Å². The normalized spacial score (nSPS) is 9.60. The largest absolute Gasteiger partial charge is 0.306 e. The molecule has 1 rings (SSSR count). The van der Waals surface area contributed by atoms with Crippen molar-refractivity contribution in [1.29, 1.82) is 0 Å². The molecule has 0 saturated carbocycles. The van der Waals surface area contributed by atoms with Gasteiger partial charge in [-0.3, -0.25) is 4.79 Å². The molecule has 80 valence electrons. The van der Waals surface area contributed by atoms with E-state index in [1.54, 1.807) is 0 Å². The van der Waals surface area contributed by atoms with Gasteiger partial charge in [0, 0.05) is 6.08 Å². The average molecular weight is 246 g/mol. The molecule has 6 heteroatoms. The number of hydrogen-bond acceptors (Lipinski definition) is 3. The van der Waals surface area contributed by atoms with Crippen LogP contribution in [0.4, 0.5) is 5.82 Å². The van der Waals surface area contributed by atoms with E-state index in [0.29, 0.717) is 0 Å². The molecule has 4 nitrogen and oxygen atoms in total. The number of allylic oxidation sites excluding steroid dienone is 1. The zero-order valence-electron chi connectivity index (χ0n) is 8.21. The Bertz CT molecular complexity index is 414. The number of hydrogen-bond donors (Lipinski definition) is 1. The Balaban J connectivity index is 2.86. The molecule has 0 radical (unpaired) electrons. The van der Waals surface area contributed by atoms with Crippen molar-refractivity contribution in [2.45, 2.75) is 13.8 Å². The molecule has 0 fully saturated rings. The molecule has 0 aliphatic heterocycles. The fraction of sp³-hybridized carbons (Fsp3) is 0.222. The summed E-state index contributed by atoms with van der Waals surface area (Å²) in [6.45, 7) is 3.63. The lowest BCUT2D eigenvalue weighted by Crippen LogP contribution is -2.10. The SMILES string of the molecule is CC(C)=CC(=O)Nc1ncnc(Cl)c1Cl. The van der Waals surface area contributed by atoms with Crippen molar-refractivity contribution in [3.63, 3.8) is 0 Å². The Morgan fingerprint density at radius 2 is 2.07 bits per heavy atom. The predicted octanol–water partition coefficient (Wildman–Crippen LogP) is 2.69. The summed E-state index contributed by atoms with van der Waals surface area (Å²) < 4.78 is 0. The maximum Gasteiger partial charge on any atom is 0.249 e. The summed E-state index contributed by atoms with van der Waals surface area (Å²) in [6.07, 6.45) is 2.67. The Kier molecular flexibility index (Phi) is 4.05. The van der Waals surface area contributed by atoms with Gasteiger partial charge in [0.1, 0.15) is 11.3 Å². The Labute approximate surface area is 97.3 Å². The van der Waals surface area contributed by atoms with E-state index in [0.717, 1.165) is 5.57 Å². The summed E-state index contributed by atoms with van der Waals surface area (Å²) in [5, 5.41) is 2.74. The fourth-order valence-electron chi connectivity index (χ4n) is 0.850. The highest BCUT2D eigenvalue weighted by Crippen LogP contribution is 2.25. The average Bonchev–Trinajstić information content (AvgIpc) is 2.11. The first-order chi connectivity index (χ1) is 7.00. The van der Waals surface area contributed by atoms with Crippen LogP contribution in [0.15, 0.2) is 18.0 Å². The van der Waals surface area contributed by atoms with Crippen LogP contribution >= 0.6 is 23.2 Å². The summed E-state index contributed by atoms with van der Waals surface area (Å²) in [4.78, 5) is 18.8. The number of amides is 1. The molecule has 0 aromatic carbocycles. The number of anilines is 1. The summed E-state index contributed by atoms with van der Waals surface area (Å²) in [7, 11) is 0. The first kappa shape index (κ1) is 11.9. The third-order valence-electron chi connectivity index (χ3n) is 1.41. The fourth-order valence-corrected chi connectivity index (χ4v) is 1.13. The smallest absolute Gasteiger partial charge is 0.249 e. The Morgan fingerprint density at radius 1 is 1.40 bits per heavy atom. The molecule has 1 aromatic rings. The molecule has 0 saturated heterocycles. The third-order valence-corrected chi connectivity index (χ3v) is 2.15. The number of carbonyl (C=O) groups excluding carboxylic acids is 1. The number of nitrogens with zero attached hydrogens (tertiary/aromatic N) is 2. The zero-order chi connectivity index (χ0) is 11.4. The quantitative estimate of drug-likeness (QED) is 0.644. The van der Waals surface area contributed by atoms with E-state index < -0.39 is 0 Å². The second-order valence-corrected chi connectivity index (χ2v) is 3.77. The van der Waals surface area contributed by atoms with Crippen LogP contribution in [0.25, 0.3) is 0 Å². The maximum absolute atomic E-state index is 11.3. The summed E-state index contributed by atoms with van der Waals surface area (Å²) in [5.74, 6) is -0.0918. The molecule has 15 heavy (non-hydrogen) atoms. The molecule has 0 bridgehead atoms. The van der Waals surface area contributed by atoms with Gasteiger partial charge in [0.15, 0.2) is 11.0 Å². The highest BCUT2D eigenvalue weighted by Gasteiger charge is 2.08. The van der Waals surface area contributed by atoms with Gasteiger partial charge in [-0.25, -0.2) is 9.97 Å². The van der Waals surface area contributed by atoms with Crippen molar-refractivity contribution < 1.29 is 4.79 Å². The Hall–Kier alpha value is -1.13. The van der Waals surface area contributed by atoms with E-state index in [9.17, 15) is 4.79 Å². The Morgan fingerprint density at radius 3 is 2.67 bits per heavy atom. The van der Waals surface area contributed by atoms with Gasteiger partial charge in [-0.2, -0.15) is 0 Å². The van der Waals surface area contributed by atoms with Crippen molar-refractivity contribution in [2.75, 3.05) is 5.32 Å². The predicted molar refractivity (Wildman–Crippen MR) is 60.1 cm³/mol. The second kappa shape index (κ2) is 5.09. The number of carbonyl (C=O) groups is 1. The van der Waals surface area contributed by atoms with Crippen molar-refractivity contribution in [1.82, 2.24) is 9.97 Å².